The second kappa shape index (κ2) is 7.84. The summed E-state index contributed by atoms with van der Waals surface area (Å²) in [5.41, 5.74) is 2.23. The van der Waals surface area contributed by atoms with Gasteiger partial charge in [0.1, 0.15) is 0 Å². The number of pyridine rings is 1. The molecule has 172 valence electrons. The molecular formula is C26H18N4O5. The first-order valence-electron chi connectivity index (χ1n) is 10.8. The monoisotopic (exact) mass is 466 g/mol. The van der Waals surface area contributed by atoms with Crippen molar-refractivity contribution in [1.82, 2.24) is 15.0 Å². The number of aromatic amines is 1. The van der Waals surface area contributed by atoms with Gasteiger partial charge in [-0.2, -0.15) is 0 Å². The number of anilines is 1. The molecule has 0 aliphatic carbocycles. The number of hydrogen-bond donors (Lipinski definition) is 2. The lowest BCUT2D eigenvalue weighted by atomic mass is 9.96. The number of nitrogens with one attached hydrogen (secondary N) is 1. The predicted molar refractivity (Wildman–Crippen MR) is 127 cm³/mol. The lowest BCUT2D eigenvalue weighted by Gasteiger charge is -2.24. The van der Waals surface area contributed by atoms with Gasteiger partial charge in [0, 0.05) is 17.8 Å². The molecule has 0 spiro atoms. The maximum Gasteiger partial charge on any atom is 0.296 e. The van der Waals surface area contributed by atoms with Gasteiger partial charge in [-0.15, -0.1) is 0 Å². The molecule has 1 aliphatic rings. The molecule has 9 nitrogen and oxygen atoms in total. The summed E-state index contributed by atoms with van der Waals surface area (Å²) in [6, 6.07) is 16.6. The van der Waals surface area contributed by atoms with Crippen molar-refractivity contribution in [2.24, 2.45) is 0 Å². The Bertz CT molecular complexity index is 1620. The Labute approximate surface area is 198 Å². The first-order valence-corrected chi connectivity index (χ1v) is 10.8. The minimum absolute atomic E-state index is 0.0237. The van der Waals surface area contributed by atoms with Gasteiger partial charge in [-0.05, 0) is 42.0 Å². The molecule has 2 N–H and O–H groups in total. The molecule has 0 bridgehead atoms. The molecule has 9 heteroatoms. The van der Waals surface area contributed by atoms with Crippen molar-refractivity contribution in [3.05, 3.63) is 95.7 Å². The van der Waals surface area contributed by atoms with Crippen LogP contribution in [0.15, 0.2) is 88.8 Å². The number of rotatable bonds is 5. The summed E-state index contributed by atoms with van der Waals surface area (Å²) in [5, 5.41) is 11.6. The van der Waals surface area contributed by atoms with E-state index in [1.807, 2.05) is 18.2 Å². The SMILES string of the molecule is COc1cccc2cc(C(=O)C3=C(O)C(=O)N(c4nc5ccccc5[nH]4)C3c3ccncc3)oc12. The van der Waals surface area contributed by atoms with E-state index in [1.54, 1.807) is 54.9 Å². The van der Waals surface area contributed by atoms with E-state index < -0.39 is 23.5 Å². The van der Waals surface area contributed by atoms with E-state index in [-0.39, 0.29) is 17.3 Å². The summed E-state index contributed by atoms with van der Waals surface area (Å²) < 4.78 is 11.2. The number of Topliss-reactive ketones (excluding diaryl/α,β-unsaturated/α-hetero) is 1. The first-order chi connectivity index (χ1) is 17.1. The average Bonchev–Trinajstić information content (AvgIpc) is 3.58. The summed E-state index contributed by atoms with van der Waals surface area (Å²) in [5.74, 6) is -1.37. The maximum absolute atomic E-state index is 13.7. The Morgan fingerprint density at radius 1 is 1.11 bits per heavy atom. The number of ketones is 1. The van der Waals surface area contributed by atoms with Crippen LogP contribution >= 0.6 is 0 Å². The quantitative estimate of drug-likeness (QED) is 0.366. The number of carbonyl (C=O) groups excluding carboxylic acids is 2. The van der Waals surface area contributed by atoms with Gasteiger partial charge >= 0.3 is 0 Å². The molecule has 5 aromatic rings. The lowest BCUT2D eigenvalue weighted by molar-refractivity contribution is -0.117. The standard InChI is InChI=1S/C26H18N4O5/c1-34-18-8-4-5-15-13-19(35-24(15)18)22(31)20-21(14-9-11-27-12-10-14)30(25(33)23(20)32)26-28-16-6-2-3-7-17(16)29-26/h2-13,21,32H,1H3,(H,28,29). The molecule has 0 saturated carbocycles. The molecule has 0 radical (unpaired) electrons. The van der Waals surface area contributed by atoms with Crippen LogP contribution in [0, 0.1) is 0 Å². The number of para-hydroxylation sites is 3. The van der Waals surface area contributed by atoms with Crippen LogP contribution in [-0.4, -0.2) is 38.9 Å². The number of imidazole rings is 1. The van der Waals surface area contributed by atoms with Crippen molar-refractivity contribution in [2.45, 2.75) is 6.04 Å². The highest BCUT2D eigenvalue weighted by Gasteiger charge is 2.46. The van der Waals surface area contributed by atoms with E-state index in [4.69, 9.17) is 9.15 Å². The number of ether oxygens (including phenoxy) is 1. The topological polar surface area (TPSA) is 122 Å². The zero-order valence-corrected chi connectivity index (χ0v) is 18.4. The van der Waals surface area contributed by atoms with E-state index >= 15 is 0 Å². The van der Waals surface area contributed by atoms with Crippen LogP contribution < -0.4 is 9.64 Å². The number of benzene rings is 2. The molecule has 2 aromatic carbocycles. The van der Waals surface area contributed by atoms with Gasteiger partial charge in [-0.3, -0.25) is 19.5 Å². The number of aromatic nitrogens is 3. The molecule has 1 amide bonds. The Hall–Kier alpha value is -4.92. The fourth-order valence-electron chi connectivity index (χ4n) is 4.41. The zero-order chi connectivity index (χ0) is 24.1. The van der Waals surface area contributed by atoms with E-state index in [0.717, 1.165) is 0 Å². The van der Waals surface area contributed by atoms with Crippen LogP contribution in [0.25, 0.3) is 22.0 Å². The zero-order valence-electron chi connectivity index (χ0n) is 18.4. The molecule has 1 aliphatic heterocycles. The van der Waals surface area contributed by atoms with Gasteiger partial charge in [-0.1, -0.05) is 24.3 Å². The van der Waals surface area contributed by atoms with E-state index in [0.29, 0.717) is 33.3 Å². The lowest BCUT2D eigenvalue weighted by Crippen LogP contribution is -2.32. The fourth-order valence-corrected chi connectivity index (χ4v) is 4.41. The van der Waals surface area contributed by atoms with Gasteiger partial charge in [0.2, 0.25) is 11.7 Å². The molecule has 6 rings (SSSR count). The van der Waals surface area contributed by atoms with Crippen molar-refractivity contribution in [2.75, 3.05) is 12.0 Å². The van der Waals surface area contributed by atoms with Crippen LogP contribution in [0.4, 0.5) is 5.95 Å². The largest absolute Gasteiger partial charge is 0.503 e. The Kier molecular flexibility index (Phi) is 4.63. The summed E-state index contributed by atoms with van der Waals surface area (Å²) >= 11 is 0. The number of fused-ring (bicyclic) bond motifs is 2. The van der Waals surface area contributed by atoms with Crippen LogP contribution in [0.1, 0.15) is 22.2 Å². The molecule has 0 fully saturated rings. The number of furan rings is 1. The number of carbonyl (C=O) groups is 2. The first kappa shape index (κ1) is 20.7. The molecular weight excluding hydrogens is 448 g/mol. The van der Waals surface area contributed by atoms with Gasteiger partial charge in [0.15, 0.2) is 22.9 Å². The third kappa shape index (κ3) is 3.17. The minimum atomic E-state index is -0.950. The highest BCUT2D eigenvalue weighted by atomic mass is 16.5. The van der Waals surface area contributed by atoms with Crippen molar-refractivity contribution in [1.29, 1.82) is 0 Å². The average molecular weight is 466 g/mol. The number of hydrogen-bond acceptors (Lipinski definition) is 7. The number of methoxy groups -OCH3 is 1. The van der Waals surface area contributed by atoms with Gasteiger partial charge in [0.05, 0.1) is 29.8 Å². The van der Waals surface area contributed by atoms with E-state index in [9.17, 15) is 14.7 Å². The minimum Gasteiger partial charge on any atom is -0.503 e. The number of nitrogens with zero attached hydrogens (tertiary/aromatic N) is 3. The predicted octanol–water partition coefficient (Wildman–Crippen LogP) is 4.50. The molecule has 1 unspecified atom stereocenters. The van der Waals surface area contributed by atoms with Crippen LogP contribution in [0.2, 0.25) is 0 Å². The van der Waals surface area contributed by atoms with E-state index in [2.05, 4.69) is 15.0 Å². The van der Waals surface area contributed by atoms with Gasteiger partial charge in [0.25, 0.3) is 5.91 Å². The summed E-state index contributed by atoms with van der Waals surface area (Å²) in [6.45, 7) is 0. The molecule has 1 atom stereocenters. The van der Waals surface area contributed by atoms with Crippen LogP contribution in [0.3, 0.4) is 0 Å². The van der Waals surface area contributed by atoms with E-state index in [1.165, 1.54) is 12.0 Å². The van der Waals surface area contributed by atoms with Crippen molar-refractivity contribution in [3.63, 3.8) is 0 Å². The van der Waals surface area contributed by atoms with Crippen molar-refractivity contribution < 1.29 is 23.8 Å². The second-order valence-electron chi connectivity index (χ2n) is 8.02. The number of amides is 1. The maximum atomic E-state index is 13.7. The van der Waals surface area contributed by atoms with Crippen molar-refractivity contribution in [3.8, 4) is 5.75 Å². The van der Waals surface area contributed by atoms with Gasteiger partial charge in [-0.25, -0.2) is 4.98 Å². The van der Waals surface area contributed by atoms with Gasteiger partial charge < -0.3 is 19.2 Å². The smallest absolute Gasteiger partial charge is 0.296 e. The Morgan fingerprint density at radius 2 is 1.91 bits per heavy atom. The molecule has 35 heavy (non-hydrogen) atoms. The summed E-state index contributed by atoms with van der Waals surface area (Å²) in [6.07, 6.45) is 3.11. The third-order valence-electron chi connectivity index (χ3n) is 6.03. The van der Waals surface area contributed by atoms with Crippen LogP contribution in [0.5, 0.6) is 5.75 Å². The fraction of sp³-hybridized carbons (Fsp3) is 0.0769. The van der Waals surface area contributed by atoms with Crippen molar-refractivity contribution >= 4 is 39.6 Å². The van der Waals surface area contributed by atoms with Crippen LogP contribution in [-0.2, 0) is 4.79 Å². The second-order valence-corrected chi connectivity index (χ2v) is 8.02. The summed E-state index contributed by atoms with van der Waals surface area (Å²) in [7, 11) is 1.51. The number of aliphatic hydroxyl groups is 1. The highest BCUT2D eigenvalue weighted by molar-refractivity contribution is 6.20. The summed E-state index contributed by atoms with van der Waals surface area (Å²) in [4.78, 5) is 40.0. The molecule has 4 heterocycles. The number of aliphatic hydroxyl groups excluding tert-OH is 1. The number of H-pyrrole nitrogens is 1. The third-order valence-corrected chi connectivity index (χ3v) is 6.03. The Morgan fingerprint density at radius 3 is 2.69 bits per heavy atom. The normalized spacial score (nSPS) is 16.0. The molecule has 0 saturated heterocycles. The highest BCUT2D eigenvalue weighted by Crippen LogP contribution is 2.42. The Balaban J connectivity index is 1.50. The molecule has 3 aromatic heterocycles.